The van der Waals surface area contributed by atoms with Gasteiger partial charge >= 0.3 is 5.92 Å². The minimum Gasteiger partial charge on any atom is -0.481 e. The van der Waals surface area contributed by atoms with Crippen molar-refractivity contribution in [3.63, 3.8) is 0 Å². The van der Waals surface area contributed by atoms with Crippen molar-refractivity contribution in [2.24, 2.45) is 10.7 Å². The van der Waals surface area contributed by atoms with Crippen LogP contribution in [0.4, 0.5) is 8.78 Å². The zero-order chi connectivity index (χ0) is 14.5. The quantitative estimate of drug-likeness (QED) is 0.629. The van der Waals surface area contributed by atoms with E-state index in [0.717, 1.165) is 0 Å². The highest BCUT2D eigenvalue weighted by atomic mass is 19.3. The molecule has 0 aromatic carbocycles. The molecular weight excluding hydrogens is 254 g/mol. The zero-order valence-electron chi connectivity index (χ0n) is 11.2. The molecule has 1 heterocycles. The van der Waals surface area contributed by atoms with E-state index in [4.69, 9.17) is 10.5 Å². The van der Waals surface area contributed by atoms with Crippen LogP contribution in [0.15, 0.2) is 23.2 Å². The average molecular weight is 272 g/mol. The summed E-state index contributed by atoms with van der Waals surface area (Å²) in [6, 6.07) is 4.21. The number of nitrogens with one attached hydrogen (secondary N) is 1. The van der Waals surface area contributed by atoms with Crippen molar-refractivity contribution in [3.8, 4) is 5.88 Å². The topological polar surface area (TPSA) is 72.5 Å². The van der Waals surface area contributed by atoms with Crippen LogP contribution in [0, 0.1) is 0 Å². The Kier molecular flexibility index (Phi) is 5.02. The van der Waals surface area contributed by atoms with Gasteiger partial charge in [0.2, 0.25) is 5.88 Å². The van der Waals surface area contributed by atoms with Gasteiger partial charge in [-0.1, -0.05) is 6.07 Å². The number of pyridine rings is 1. The fourth-order valence-corrected chi connectivity index (χ4v) is 1.34. The van der Waals surface area contributed by atoms with E-state index in [1.165, 1.54) is 25.3 Å². The number of nitrogens with zero attached hydrogens (tertiary/aromatic N) is 2. The van der Waals surface area contributed by atoms with Gasteiger partial charge in [0.25, 0.3) is 0 Å². The number of halogens is 2. The number of nitrogens with two attached hydrogens (primary N) is 1. The molecule has 3 N–H and O–H groups in total. The van der Waals surface area contributed by atoms with Gasteiger partial charge in [-0.15, -0.1) is 0 Å². The molecule has 1 aromatic rings. The minimum absolute atomic E-state index is 0.0161. The summed E-state index contributed by atoms with van der Waals surface area (Å²) >= 11 is 0. The highest BCUT2D eigenvalue weighted by Gasteiger charge is 2.33. The molecule has 19 heavy (non-hydrogen) atoms. The van der Waals surface area contributed by atoms with Gasteiger partial charge < -0.3 is 15.8 Å². The van der Waals surface area contributed by atoms with Gasteiger partial charge in [0.1, 0.15) is 12.2 Å². The molecule has 0 saturated heterocycles. The van der Waals surface area contributed by atoms with Crippen LogP contribution in [-0.2, 0) is 5.92 Å². The normalized spacial score (nSPS) is 12.6. The Hall–Kier alpha value is -1.92. The predicted molar refractivity (Wildman–Crippen MR) is 69.4 cm³/mol. The van der Waals surface area contributed by atoms with Crippen molar-refractivity contribution in [2.45, 2.75) is 25.8 Å². The third-order valence-electron chi connectivity index (χ3n) is 2.19. The smallest absolute Gasteiger partial charge is 0.309 e. The summed E-state index contributed by atoms with van der Waals surface area (Å²) in [5.41, 5.74) is 5.08. The van der Waals surface area contributed by atoms with Crippen LogP contribution < -0.4 is 15.8 Å². The maximum Gasteiger partial charge on any atom is 0.309 e. The van der Waals surface area contributed by atoms with E-state index < -0.39 is 18.2 Å². The van der Waals surface area contributed by atoms with Gasteiger partial charge in [-0.05, 0) is 19.9 Å². The highest BCUT2D eigenvalue weighted by Crippen LogP contribution is 2.27. The molecule has 0 amide bonds. The molecule has 5 nitrogen and oxygen atoms in total. The van der Waals surface area contributed by atoms with Crippen LogP contribution in [0.25, 0.3) is 0 Å². The predicted octanol–water partition coefficient (Wildman–Crippen LogP) is 1.49. The fourth-order valence-electron chi connectivity index (χ4n) is 1.34. The summed E-state index contributed by atoms with van der Waals surface area (Å²) in [4.78, 5) is 7.32. The van der Waals surface area contributed by atoms with E-state index in [0.29, 0.717) is 0 Å². The third-order valence-corrected chi connectivity index (χ3v) is 2.19. The molecule has 0 unspecified atom stereocenters. The summed E-state index contributed by atoms with van der Waals surface area (Å²) < 4.78 is 32.5. The van der Waals surface area contributed by atoms with Gasteiger partial charge in [0, 0.05) is 12.1 Å². The maximum absolute atomic E-state index is 13.9. The number of hydrogen-bond acceptors (Lipinski definition) is 3. The first-order valence-corrected chi connectivity index (χ1v) is 5.81. The first kappa shape index (κ1) is 15.1. The first-order chi connectivity index (χ1) is 8.85. The summed E-state index contributed by atoms with van der Waals surface area (Å²) in [6.45, 7) is 2.91. The van der Waals surface area contributed by atoms with Crippen LogP contribution in [0.5, 0.6) is 5.88 Å². The number of rotatable bonds is 5. The molecule has 0 saturated carbocycles. The SMILES string of the molecule is COc1cccc(C(F)(F)CN=C(N)NC(C)C)n1. The largest absolute Gasteiger partial charge is 0.481 e. The molecule has 0 atom stereocenters. The number of aromatic nitrogens is 1. The molecule has 0 bridgehead atoms. The molecule has 0 aliphatic carbocycles. The lowest BCUT2D eigenvalue weighted by Gasteiger charge is -2.15. The summed E-state index contributed by atoms with van der Waals surface area (Å²) in [5.74, 6) is -3.08. The number of aliphatic imine (C=N–C) groups is 1. The molecule has 0 aliphatic rings. The number of methoxy groups -OCH3 is 1. The molecular formula is C12H18F2N4O. The summed E-state index contributed by atoms with van der Waals surface area (Å²) in [6.07, 6.45) is 0. The Bertz CT molecular complexity index is 449. The van der Waals surface area contributed by atoms with E-state index in [9.17, 15) is 8.78 Å². The van der Waals surface area contributed by atoms with E-state index in [2.05, 4.69) is 15.3 Å². The van der Waals surface area contributed by atoms with Gasteiger partial charge in [-0.25, -0.2) is 9.98 Å². The Morgan fingerprint density at radius 1 is 1.53 bits per heavy atom. The van der Waals surface area contributed by atoms with E-state index in [-0.39, 0.29) is 17.9 Å². The molecule has 0 aliphatic heterocycles. The lowest BCUT2D eigenvalue weighted by Crippen LogP contribution is -2.37. The minimum atomic E-state index is -3.20. The number of alkyl halides is 2. The number of hydrogen-bond donors (Lipinski definition) is 2. The van der Waals surface area contributed by atoms with E-state index >= 15 is 0 Å². The van der Waals surface area contributed by atoms with Crippen molar-refractivity contribution < 1.29 is 13.5 Å². The Balaban J connectivity index is 2.79. The zero-order valence-corrected chi connectivity index (χ0v) is 11.2. The van der Waals surface area contributed by atoms with Crippen molar-refractivity contribution in [1.29, 1.82) is 0 Å². The fraction of sp³-hybridized carbons (Fsp3) is 0.500. The second kappa shape index (κ2) is 6.31. The number of ether oxygens (including phenoxy) is 1. The van der Waals surface area contributed by atoms with Crippen molar-refractivity contribution in [3.05, 3.63) is 23.9 Å². The maximum atomic E-state index is 13.9. The van der Waals surface area contributed by atoms with Crippen LogP contribution in [0.2, 0.25) is 0 Å². The molecule has 0 fully saturated rings. The first-order valence-electron chi connectivity index (χ1n) is 5.81. The monoisotopic (exact) mass is 272 g/mol. The second-order valence-corrected chi connectivity index (χ2v) is 4.27. The highest BCUT2D eigenvalue weighted by molar-refractivity contribution is 5.78. The number of guanidine groups is 1. The summed E-state index contributed by atoms with van der Waals surface area (Å²) in [5, 5.41) is 2.74. The standard InChI is InChI=1S/C12H18F2N4O/c1-8(2)17-11(15)16-7-12(13,14)9-5-4-6-10(18-9)19-3/h4-6,8H,7H2,1-3H3,(H3,15,16,17). The van der Waals surface area contributed by atoms with Crippen molar-refractivity contribution in [1.82, 2.24) is 10.3 Å². The molecule has 7 heteroatoms. The second-order valence-electron chi connectivity index (χ2n) is 4.27. The van der Waals surface area contributed by atoms with Crippen molar-refractivity contribution >= 4 is 5.96 Å². The molecule has 1 rings (SSSR count). The van der Waals surface area contributed by atoms with Crippen molar-refractivity contribution in [2.75, 3.05) is 13.7 Å². The average Bonchev–Trinajstić information content (AvgIpc) is 2.36. The van der Waals surface area contributed by atoms with E-state index in [1.807, 2.05) is 13.8 Å². The van der Waals surface area contributed by atoms with Gasteiger partial charge in [0.05, 0.1) is 7.11 Å². The van der Waals surface area contributed by atoms with Crippen LogP contribution >= 0.6 is 0 Å². The molecule has 0 radical (unpaired) electrons. The van der Waals surface area contributed by atoms with Gasteiger partial charge in [-0.2, -0.15) is 8.78 Å². The molecule has 106 valence electrons. The van der Waals surface area contributed by atoms with E-state index in [1.54, 1.807) is 0 Å². The Morgan fingerprint density at radius 3 is 2.79 bits per heavy atom. The molecule has 1 aromatic heterocycles. The molecule has 0 spiro atoms. The van der Waals surface area contributed by atoms with Crippen LogP contribution in [-0.4, -0.2) is 30.6 Å². The Morgan fingerprint density at radius 2 is 2.21 bits per heavy atom. The lowest BCUT2D eigenvalue weighted by molar-refractivity contribution is 0.00138. The van der Waals surface area contributed by atoms with Gasteiger partial charge in [-0.3, -0.25) is 0 Å². The lowest BCUT2D eigenvalue weighted by atomic mass is 10.2. The Labute approximate surface area is 110 Å². The third kappa shape index (κ3) is 4.69. The summed E-state index contributed by atoms with van der Waals surface area (Å²) in [7, 11) is 1.37. The van der Waals surface area contributed by atoms with Gasteiger partial charge in [0.15, 0.2) is 5.96 Å². The van der Waals surface area contributed by atoms with Crippen LogP contribution in [0.3, 0.4) is 0 Å². The van der Waals surface area contributed by atoms with Crippen LogP contribution in [0.1, 0.15) is 19.5 Å².